The maximum atomic E-state index is 2.68. The summed E-state index contributed by atoms with van der Waals surface area (Å²) >= 11 is 0. The van der Waals surface area contributed by atoms with E-state index in [0.717, 1.165) is 0 Å². The van der Waals surface area contributed by atoms with E-state index >= 15 is 0 Å². The zero-order chi connectivity index (χ0) is 16.0. The van der Waals surface area contributed by atoms with Gasteiger partial charge in [0.1, 0.15) is 8.07 Å². The highest BCUT2D eigenvalue weighted by Crippen LogP contribution is 2.21. The van der Waals surface area contributed by atoms with Gasteiger partial charge in [0.2, 0.25) is 0 Å². The molecule has 1 heterocycles. The Hall–Kier alpha value is -1.38. The van der Waals surface area contributed by atoms with Crippen molar-refractivity contribution in [3.05, 3.63) is 60.7 Å². The van der Waals surface area contributed by atoms with E-state index in [1.807, 2.05) is 0 Å². The van der Waals surface area contributed by atoms with E-state index in [9.17, 15) is 0 Å². The van der Waals surface area contributed by atoms with Crippen molar-refractivity contribution >= 4 is 18.4 Å². The van der Waals surface area contributed by atoms with Crippen LogP contribution in [0.1, 0.15) is 26.2 Å². The van der Waals surface area contributed by atoms with Crippen LogP contribution in [-0.4, -0.2) is 32.6 Å². The van der Waals surface area contributed by atoms with Crippen molar-refractivity contribution in [1.82, 2.24) is 4.90 Å². The Morgan fingerprint density at radius 2 is 1.30 bits per heavy atom. The molecular formula is C21H29NSi. The smallest absolute Gasteiger partial charge is 0.119 e. The number of likely N-dealkylation sites (tertiary alicyclic amines) is 1. The molecule has 2 aromatic carbocycles. The van der Waals surface area contributed by atoms with E-state index in [0.29, 0.717) is 0 Å². The molecule has 0 bridgehead atoms. The van der Waals surface area contributed by atoms with Crippen LogP contribution in [-0.2, 0) is 0 Å². The van der Waals surface area contributed by atoms with E-state index < -0.39 is 8.07 Å². The van der Waals surface area contributed by atoms with Crippen molar-refractivity contribution < 1.29 is 0 Å². The van der Waals surface area contributed by atoms with E-state index in [-0.39, 0.29) is 0 Å². The molecule has 1 saturated heterocycles. The molecule has 1 nitrogen and oxygen atoms in total. The molecule has 1 aliphatic rings. The van der Waals surface area contributed by atoms with Crippen LogP contribution in [0, 0.1) is 0 Å². The van der Waals surface area contributed by atoms with Crippen LogP contribution in [0.25, 0.3) is 0 Å². The van der Waals surface area contributed by atoms with Crippen molar-refractivity contribution in [2.24, 2.45) is 0 Å². The summed E-state index contributed by atoms with van der Waals surface area (Å²) in [4.78, 5) is 2.68. The van der Waals surface area contributed by atoms with Crippen LogP contribution < -0.4 is 10.4 Å². The lowest BCUT2D eigenvalue weighted by Crippen LogP contribution is -2.59. The summed E-state index contributed by atoms with van der Waals surface area (Å²) in [5.74, 6) is 0. The van der Waals surface area contributed by atoms with E-state index in [1.54, 1.807) is 10.4 Å². The molecule has 23 heavy (non-hydrogen) atoms. The molecule has 0 unspecified atom stereocenters. The lowest BCUT2D eigenvalue weighted by atomic mass is 10.4. The molecule has 0 amide bonds. The summed E-state index contributed by atoms with van der Waals surface area (Å²) in [5, 5.41) is 3.24. The fourth-order valence-corrected chi connectivity index (χ4v) is 9.12. The van der Waals surface area contributed by atoms with Crippen LogP contribution in [0.3, 0.4) is 0 Å². The fraction of sp³-hybridized carbons (Fsp3) is 0.429. The highest BCUT2D eigenvalue weighted by molar-refractivity contribution is 7.02. The van der Waals surface area contributed by atoms with Gasteiger partial charge in [0, 0.05) is 0 Å². The summed E-state index contributed by atoms with van der Waals surface area (Å²) in [5.41, 5.74) is 0. The molecule has 0 N–H and O–H groups in total. The molecule has 1 fully saturated rings. The lowest BCUT2D eigenvalue weighted by molar-refractivity contribution is 0.357. The first-order chi connectivity index (χ1) is 11.3. The minimum Gasteiger partial charge on any atom is -0.304 e. The van der Waals surface area contributed by atoms with Gasteiger partial charge in [0.15, 0.2) is 0 Å². The normalized spacial score (nSPS) is 15.9. The molecule has 0 aromatic heterocycles. The lowest BCUT2D eigenvalue weighted by Gasteiger charge is -2.34. The average Bonchev–Trinajstić information content (AvgIpc) is 3.14. The van der Waals surface area contributed by atoms with Gasteiger partial charge < -0.3 is 4.90 Å². The number of rotatable bonds is 7. The van der Waals surface area contributed by atoms with Gasteiger partial charge >= 0.3 is 0 Å². The summed E-state index contributed by atoms with van der Waals surface area (Å²) in [6.45, 7) is 6.24. The third kappa shape index (κ3) is 3.76. The van der Waals surface area contributed by atoms with Gasteiger partial charge in [0.25, 0.3) is 0 Å². The van der Waals surface area contributed by atoms with Crippen LogP contribution in [0.15, 0.2) is 60.7 Å². The number of hydrogen-bond donors (Lipinski definition) is 0. The maximum absolute atomic E-state index is 2.68. The summed E-state index contributed by atoms with van der Waals surface area (Å²) in [6.07, 6.45) is 4.05. The van der Waals surface area contributed by atoms with Crippen molar-refractivity contribution in [2.45, 2.75) is 38.3 Å². The van der Waals surface area contributed by atoms with Gasteiger partial charge in [0.05, 0.1) is 0 Å². The molecule has 2 heteroatoms. The van der Waals surface area contributed by atoms with Crippen LogP contribution in [0.5, 0.6) is 0 Å². The molecule has 0 radical (unpaired) electrons. The molecule has 3 rings (SSSR count). The number of nitrogens with zero attached hydrogens (tertiary/aromatic N) is 1. The minimum atomic E-state index is -1.66. The second-order valence-corrected chi connectivity index (χ2v) is 11.2. The second kappa shape index (κ2) is 7.94. The zero-order valence-electron chi connectivity index (χ0n) is 14.4. The minimum absolute atomic E-state index is 1.27. The monoisotopic (exact) mass is 323 g/mol. The van der Waals surface area contributed by atoms with Gasteiger partial charge in [-0.3, -0.25) is 0 Å². The Bertz CT molecular complexity index is 536. The number of hydrogen-bond acceptors (Lipinski definition) is 1. The Morgan fingerprint density at radius 1 is 0.783 bits per heavy atom. The standard InChI is InChI=1S/C21H29NSi/c1-2-18-23(20-11-5-3-6-12-20,21-13-7-4-8-14-21)19-17-22-15-9-10-16-22/h3-8,11-14H,2,9-10,15-19H2,1H3. The van der Waals surface area contributed by atoms with Crippen molar-refractivity contribution in [1.29, 1.82) is 0 Å². The van der Waals surface area contributed by atoms with Crippen molar-refractivity contribution in [2.75, 3.05) is 19.6 Å². The first-order valence-electron chi connectivity index (χ1n) is 9.18. The average molecular weight is 324 g/mol. The SMILES string of the molecule is CCC[Si](CCN1CCCC1)(c1ccccc1)c1ccccc1. The van der Waals surface area contributed by atoms with Crippen LogP contribution in [0.4, 0.5) is 0 Å². The van der Waals surface area contributed by atoms with Gasteiger partial charge in [-0.05, 0) is 44.6 Å². The molecule has 1 aliphatic heterocycles. The predicted octanol–water partition coefficient (Wildman–Crippen LogP) is 3.76. The highest BCUT2D eigenvalue weighted by Gasteiger charge is 2.36. The van der Waals surface area contributed by atoms with Crippen molar-refractivity contribution in [3.8, 4) is 0 Å². The van der Waals surface area contributed by atoms with Gasteiger partial charge in [-0.25, -0.2) is 0 Å². The second-order valence-electron chi connectivity index (χ2n) is 6.86. The Labute approximate surface area is 142 Å². The van der Waals surface area contributed by atoms with Gasteiger partial charge in [-0.2, -0.15) is 0 Å². The fourth-order valence-electron chi connectivity index (χ4n) is 4.17. The number of benzene rings is 2. The third-order valence-corrected chi connectivity index (χ3v) is 10.7. The third-order valence-electron chi connectivity index (χ3n) is 5.38. The van der Waals surface area contributed by atoms with E-state index in [4.69, 9.17) is 0 Å². The van der Waals surface area contributed by atoms with Crippen LogP contribution in [0.2, 0.25) is 12.1 Å². The van der Waals surface area contributed by atoms with E-state index in [1.165, 1.54) is 51.0 Å². The predicted molar refractivity (Wildman–Crippen MR) is 103 cm³/mol. The van der Waals surface area contributed by atoms with Gasteiger partial charge in [-0.1, -0.05) is 84.4 Å². The van der Waals surface area contributed by atoms with Crippen molar-refractivity contribution in [3.63, 3.8) is 0 Å². The Balaban J connectivity index is 1.95. The quantitative estimate of drug-likeness (QED) is 0.701. The van der Waals surface area contributed by atoms with Gasteiger partial charge in [-0.15, -0.1) is 0 Å². The summed E-state index contributed by atoms with van der Waals surface area (Å²) in [6, 6.07) is 25.5. The Kier molecular flexibility index (Phi) is 5.68. The molecule has 122 valence electrons. The molecule has 0 atom stereocenters. The highest BCUT2D eigenvalue weighted by atomic mass is 28.3. The van der Waals surface area contributed by atoms with Crippen LogP contribution >= 0.6 is 0 Å². The molecule has 2 aromatic rings. The molecule has 0 saturated carbocycles. The van der Waals surface area contributed by atoms with E-state index in [2.05, 4.69) is 72.5 Å². The molecule has 0 spiro atoms. The topological polar surface area (TPSA) is 3.24 Å². The maximum Gasteiger partial charge on any atom is 0.119 e. The first-order valence-corrected chi connectivity index (χ1v) is 11.6. The largest absolute Gasteiger partial charge is 0.304 e. The Morgan fingerprint density at radius 3 is 1.78 bits per heavy atom. The summed E-state index contributed by atoms with van der Waals surface area (Å²) < 4.78 is 0. The first kappa shape index (κ1) is 16.5. The molecule has 0 aliphatic carbocycles. The zero-order valence-corrected chi connectivity index (χ0v) is 15.4. The summed E-state index contributed by atoms with van der Waals surface area (Å²) in [7, 11) is -1.66. The molecular weight excluding hydrogens is 294 g/mol.